The second-order valence-electron chi connectivity index (χ2n) is 6.71. The van der Waals surface area contributed by atoms with E-state index in [1.54, 1.807) is 6.26 Å². The van der Waals surface area contributed by atoms with Crippen LogP contribution in [0.2, 0.25) is 0 Å². The Hall–Kier alpha value is -2.26. The third-order valence-corrected chi connectivity index (χ3v) is 4.68. The molecule has 1 heterocycles. The van der Waals surface area contributed by atoms with E-state index in [9.17, 15) is 0 Å². The molecule has 138 valence electrons. The Labute approximate surface area is 156 Å². The van der Waals surface area contributed by atoms with E-state index in [4.69, 9.17) is 9.15 Å². The van der Waals surface area contributed by atoms with Crippen molar-refractivity contribution >= 4 is 10.8 Å². The van der Waals surface area contributed by atoms with E-state index in [1.165, 1.54) is 42.0 Å². The van der Waals surface area contributed by atoms with Crippen molar-refractivity contribution in [3.63, 3.8) is 0 Å². The van der Waals surface area contributed by atoms with Crippen LogP contribution in [0.15, 0.2) is 59.2 Å². The normalized spacial score (nSPS) is 11.1. The standard InChI is InChI=1S/C23H29NO2/c1-2-3-4-5-8-15-26-23-14-13-19-10-6-7-12-21(19)22(23)18-24-17-20-11-9-16-25-20/h6-7,9-14,16,24H,2-5,8,15,17-18H2,1H3. The molecule has 0 atom stereocenters. The van der Waals surface area contributed by atoms with E-state index >= 15 is 0 Å². The van der Waals surface area contributed by atoms with Crippen LogP contribution in [0.1, 0.15) is 50.4 Å². The first-order valence-electron chi connectivity index (χ1n) is 9.75. The topological polar surface area (TPSA) is 34.4 Å². The smallest absolute Gasteiger partial charge is 0.124 e. The van der Waals surface area contributed by atoms with Crippen LogP contribution >= 0.6 is 0 Å². The molecule has 0 amide bonds. The molecule has 2 aromatic carbocycles. The van der Waals surface area contributed by atoms with Gasteiger partial charge in [0.25, 0.3) is 0 Å². The van der Waals surface area contributed by atoms with Gasteiger partial charge in [0, 0.05) is 12.1 Å². The highest BCUT2D eigenvalue weighted by Gasteiger charge is 2.09. The molecular formula is C23H29NO2. The van der Waals surface area contributed by atoms with Crippen molar-refractivity contribution in [3.05, 3.63) is 66.1 Å². The first-order valence-corrected chi connectivity index (χ1v) is 9.75. The second-order valence-corrected chi connectivity index (χ2v) is 6.71. The molecule has 0 aliphatic rings. The zero-order chi connectivity index (χ0) is 18.0. The highest BCUT2D eigenvalue weighted by Crippen LogP contribution is 2.28. The molecule has 0 radical (unpaired) electrons. The Balaban J connectivity index is 1.65. The first kappa shape index (κ1) is 18.5. The highest BCUT2D eigenvalue weighted by molar-refractivity contribution is 5.87. The van der Waals surface area contributed by atoms with Crippen LogP contribution in [0.4, 0.5) is 0 Å². The van der Waals surface area contributed by atoms with Gasteiger partial charge in [0.05, 0.1) is 19.4 Å². The SMILES string of the molecule is CCCCCCCOc1ccc2ccccc2c1CNCc1ccco1. The zero-order valence-corrected chi connectivity index (χ0v) is 15.7. The van der Waals surface area contributed by atoms with Gasteiger partial charge in [-0.15, -0.1) is 0 Å². The maximum atomic E-state index is 6.15. The van der Waals surface area contributed by atoms with Gasteiger partial charge in [0.15, 0.2) is 0 Å². The van der Waals surface area contributed by atoms with Gasteiger partial charge in [-0.2, -0.15) is 0 Å². The highest BCUT2D eigenvalue weighted by atomic mass is 16.5. The molecule has 26 heavy (non-hydrogen) atoms. The molecule has 1 aromatic heterocycles. The second kappa shape index (κ2) is 10.0. The van der Waals surface area contributed by atoms with Gasteiger partial charge in [-0.05, 0) is 35.4 Å². The minimum absolute atomic E-state index is 0.715. The average molecular weight is 351 g/mol. The van der Waals surface area contributed by atoms with Crippen molar-refractivity contribution in [2.24, 2.45) is 0 Å². The lowest BCUT2D eigenvalue weighted by Crippen LogP contribution is -2.14. The monoisotopic (exact) mass is 351 g/mol. The summed E-state index contributed by atoms with van der Waals surface area (Å²) >= 11 is 0. The van der Waals surface area contributed by atoms with Crippen LogP contribution in [-0.4, -0.2) is 6.61 Å². The Morgan fingerprint density at radius 2 is 1.77 bits per heavy atom. The Morgan fingerprint density at radius 3 is 2.62 bits per heavy atom. The molecule has 3 rings (SSSR count). The molecule has 3 aromatic rings. The number of unbranched alkanes of at least 4 members (excludes halogenated alkanes) is 4. The summed E-state index contributed by atoms with van der Waals surface area (Å²) in [4.78, 5) is 0. The molecule has 0 aliphatic heterocycles. The molecule has 0 unspecified atom stereocenters. The molecule has 1 N–H and O–H groups in total. The summed E-state index contributed by atoms with van der Waals surface area (Å²) in [6, 6.07) is 16.7. The Morgan fingerprint density at radius 1 is 0.885 bits per heavy atom. The molecular weight excluding hydrogens is 322 g/mol. The van der Waals surface area contributed by atoms with Crippen LogP contribution in [0, 0.1) is 0 Å². The van der Waals surface area contributed by atoms with Gasteiger partial charge in [0.2, 0.25) is 0 Å². The van der Waals surface area contributed by atoms with Crippen LogP contribution in [0.3, 0.4) is 0 Å². The number of ether oxygens (including phenoxy) is 1. The predicted molar refractivity (Wildman–Crippen MR) is 107 cm³/mol. The third-order valence-electron chi connectivity index (χ3n) is 4.68. The van der Waals surface area contributed by atoms with Gasteiger partial charge in [-0.25, -0.2) is 0 Å². The number of furan rings is 1. The predicted octanol–water partition coefficient (Wildman–Crippen LogP) is 6.07. The maximum absolute atomic E-state index is 6.15. The lowest BCUT2D eigenvalue weighted by molar-refractivity contribution is 0.301. The van der Waals surface area contributed by atoms with E-state index in [0.29, 0.717) is 6.54 Å². The van der Waals surface area contributed by atoms with Crippen LogP contribution in [-0.2, 0) is 13.1 Å². The molecule has 3 heteroatoms. The fourth-order valence-corrected chi connectivity index (χ4v) is 3.25. The number of fused-ring (bicyclic) bond motifs is 1. The van der Waals surface area contributed by atoms with E-state index in [0.717, 1.165) is 31.1 Å². The van der Waals surface area contributed by atoms with E-state index < -0.39 is 0 Å². The summed E-state index contributed by atoms with van der Waals surface area (Å²) in [5.74, 6) is 1.94. The van der Waals surface area contributed by atoms with Crippen LogP contribution in [0.25, 0.3) is 10.8 Å². The Bertz CT molecular complexity index is 780. The molecule has 0 bridgehead atoms. The quantitative estimate of drug-likeness (QED) is 0.426. The van der Waals surface area contributed by atoms with E-state index in [2.05, 4.69) is 48.6 Å². The lowest BCUT2D eigenvalue weighted by Gasteiger charge is -2.15. The Kier molecular flexibility index (Phi) is 7.15. The van der Waals surface area contributed by atoms with Crippen LogP contribution in [0.5, 0.6) is 5.75 Å². The third kappa shape index (κ3) is 5.12. The average Bonchev–Trinajstić information content (AvgIpc) is 3.19. The minimum atomic E-state index is 0.715. The fourth-order valence-electron chi connectivity index (χ4n) is 3.25. The fraction of sp³-hybridized carbons (Fsp3) is 0.391. The summed E-state index contributed by atoms with van der Waals surface area (Å²) in [5, 5.41) is 5.98. The first-order chi connectivity index (χ1) is 12.9. The van der Waals surface area contributed by atoms with Gasteiger partial charge in [-0.3, -0.25) is 0 Å². The number of nitrogens with one attached hydrogen (secondary N) is 1. The molecule has 0 saturated carbocycles. The van der Waals surface area contributed by atoms with Crippen LogP contribution < -0.4 is 10.1 Å². The maximum Gasteiger partial charge on any atom is 0.124 e. The summed E-state index contributed by atoms with van der Waals surface area (Å²) in [7, 11) is 0. The van der Waals surface area contributed by atoms with E-state index in [1.807, 2.05) is 12.1 Å². The largest absolute Gasteiger partial charge is 0.493 e. The molecule has 0 saturated heterocycles. The van der Waals surface area contributed by atoms with Crippen molar-refractivity contribution in [3.8, 4) is 5.75 Å². The summed E-state index contributed by atoms with van der Waals surface area (Å²) in [6.45, 7) is 4.50. The van der Waals surface area contributed by atoms with Gasteiger partial charge < -0.3 is 14.5 Å². The van der Waals surface area contributed by atoms with Gasteiger partial charge in [0.1, 0.15) is 11.5 Å². The zero-order valence-electron chi connectivity index (χ0n) is 15.7. The minimum Gasteiger partial charge on any atom is -0.493 e. The van der Waals surface area contributed by atoms with Crippen molar-refractivity contribution < 1.29 is 9.15 Å². The summed E-state index contributed by atoms with van der Waals surface area (Å²) in [6.07, 6.45) is 7.96. The van der Waals surface area contributed by atoms with Gasteiger partial charge >= 0.3 is 0 Å². The number of benzene rings is 2. The van der Waals surface area contributed by atoms with E-state index in [-0.39, 0.29) is 0 Å². The summed E-state index contributed by atoms with van der Waals surface area (Å²) < 4.78 is 11.6. The lowest BCUT2D eigenvalue weighted by atomic mass is 10.0. The van der Waals surface area contributed by atoms with Crippen molar-refractivity contribution in [1.29, 1.82) is 0 Å². The van der Waals surface area contributed by atoms with Crippen molar-refractivity contribution in [2.75, 3.05) is 6.61 Å². The van der Waals surface area contributed by atoms with Crippen molar-refractivity contribution in [2.45, 2.75) is 52.1 Å². The molecule has 0 spiro atoms. The molecule has 3 nitrogen and oxygen atoms in total. The number of rotatable bonds is 11. The molecule has 0 aliphatic carbocycles. The number of hydrogen-bond donors (Lipinski definition) is 1. The van der Waals surface area contributed by atoms with Crippen molar-refractivity contribution in [1.82, 2.24) is 5.32 Å². The molecule has 0 fully saturated rings. The van der Waals surface area contributed by atoms with Gasteiger partial charge in [-0.1, -0.05) is 62.9 Å². The number of hydrogen-bond acceptors (Lipinski definition) is 3. The summed E-state index contributed by atoms with van der Waals surface area (Å²) in [5.41, 5.74) is 1.23.